The third-order valence-corrected chi connectivity index (χ3v) is 4.09. The summed E-state index contributed by atoms with van der Waals surface area (Å²) in [6.07, 6.45) is 7.90. The maximum atomic E-state index is 10.6. The van der Waals surface area contributed by atoms with Gasteiger partial charge in [-0.25, -0.2) is 4.79 Å². The summed E-state index contributed by atoms with van der Waals surface area (Å²) in [5.74, 6) is -0.907. The summed E-state index contributed by atoms with van der Waals surface area (Å²) in [5, 5.41) is 8.70. The number of hydrogen-bond acceptors (Lipinski definition) is 2. The molecule has 1 unspecified atom stereocenters. The van der Waals surface area contributed by atoms with Crippen LogP contribution >= 0.6 is 0 Å². The summed E-state index contributed by atoms with van der Waals surface area (Å²) in [5.41, 5.74) is 3.36. The molecule has 1 aliphatic rings. The number of carbonyl (C=O) groups is 1. The largest absolute Gasteiger partial charge is 0.478 e. The SMILES string of the molecule is CCC1CCCCN1c1ccc(C=CC(=O)O)c(C)c1. The van der Waals surface area contributed by atoms with Crippen LogP contribution in [-0.4, -0.2) is 23.7 Å². The van der Waals surface area contributed by atoms with E-state index in [0.717, 1.165) is 17.7 Å². The van der Waals surface area contributed by atoms with E-state index in [1.807, 2.05) is 13.0 Å². The summed E-state index contributed by atoms with van der Waals surface area (Å²) >= 11 is 0. The summed E-state index contributed by atoms with van der Waals surface area (Å²) in [7, 11) is 0. The Balaban J connectivity index is 2.21. The topological polar surface area (TPSA) is 40.5 Å². The molecule has 1 heterocycles. The molecular formula is C17H23NO2. The second-order valence-electron chi connectivity index (χ2n) is 5.46. The average Bonchev–Trinajstić information content (AvgIpc) is 2.45. The second-order valence-corrected chi connectivity index (χ2v) is 5.46. The van der Waals surface area contributed by atoms with Gasteiger partial charge in [-0.2, -0.15) is 0 Å². The van der Waals surface area contributed by atoms with Crippen molar-refractivity contribution in [3.05, 3.63) is 35.4 Å². The van der Waals surface area contributed by atoms with E-state index in [1.54, 1.807) is 6.08 Å². The van der Waals surface area contributed by atoms with E-state index in [1.165, 1.54) is 37.4 Å². The van der Waals surface area contributed by atoms with E-state index in [0.29, 0.717) is 6.04 Å². The van der Waals surface area contributed by atoms with Gasteiger partial charge in [-0.3, -0.25) is 0 Å². The minimum Gasteiger partial charge on any atom is -0.478 e. The molecule has 0 aliphatic carbocycles. The van der Waals surface area contributed by atoms with E-state index in [4.69, 9.17) is 5.11 Å². The number of nitrogens with zero attached hydrogens (tertiary/aromatic N) is 1. The van der Waals surface area contributed by atoms with Crippen molar-refractivity contribution in [1.82, 2.24) is 0 Å². The van der Waals surface area contributed by atoms with E-state index in [9.17, 15) is 4.79 Å². The third kappa shape index (κ3) is 3.41. The first-order valence-electron chi connectivity index (χ1n) is 7.40. The van der Waals surface area contributed by atoms with Crippen molar-refractivity contribution in [2.75, 3.05) is 11.4 Å². The molecule has 1 aromatic carbocycles. The number of hydrogen-bond donors (Lipinski definition) is 1. The highest BCUT2D eigenvalue weighted by Crippen LogP contribution is 2.28. The zero-order chi connectivity index (χ0) is 14.5. The molecular weight excluding hydrogens is 250 g/mol. The van der Waals surface area contributed by atoms with Crippen molar-refractivity contribution < 1.29 is 9.90 Å². The van der Waals surface area contributed by atoms with Gasteiger partial charge in [0.15, 0.2) is 0 Å². The van der Waals surface area contributed by atoms with Crippen molar-refractivity contribution in [2.24, 2.45) is 0 Å². The molecule has 0 amide bonds. The standard InChI is InChI=1S/C17H23NO2/c1-3-15-6-4-5-11-18(15)16-9-7-14(13(2)12-16)8-10-17(19)20/h7-10,12,15H,3-6,11H2,1-2H3,(H,19,20). The molecule has 1 saturated heterocycles. The number of rotatable bonds is 4. The van der Waals surface area contributed by atoms with Gasteiger partial charge in [0.2, 0.25) is 0 Å². The molecule has 0 saturated carbocycles. The molecule has 108 valence electrons. The molecule has 3 nitrogen and oxygen atoms in total. The van der Waals surface area contributed by atoms with Gasteiger partial charge in [-0.15, -0.1) is 0 Å². The summed E-state index contributed by atoms with van der Waals surface area (Å²) < 4.78 is 0. The van der Waals surface area contributed by atoms with Gasteiger partial charge in [0, 0.05) is 24.4 Å². The van der Waals surface area contributed by atoms with Gasteiger partial charge in [0.1, 0.15) is 0 Å². The number of carboxylic acid groups (broad SMARTS) is 1. The van der Waals surface area contributed by atoms with Crippen molar-refractivity contribution in [1.29, 1.82) is 0 Å². The van der Waals surface area contributed by atoms with Crippen LogP contribution in [0.2, 0.25) is 0 Å². The van der Waals surface area contributed by atoms with Crippen LogP contribution in [-0.2, 0) is 4.79 Å². The van der Waals surface area contributed by atoms with Crippen LogP contribution in [0.5, 0.6) is 0 Å². The number of piperidine rings is 1. The van der Waals surface area contributed by atoms with Gasteiger partial charge < -0.3 is 10.0 Å². The smallest absolute Gasteiger partial charge is 0.328 e. The fourth-order valence-corrected chi connectivity index (χ4v) is 2.95. The van der Waals surface area contributed by atoms with Gasteiger partial charge in [-0.05, 0) is 61.9 Å². The minimum absolute atomic E-state index is 0.642. The highest BCUT2D eigenvalue weighted by Gasteiger charge is 2.21. The lowest BCUT2D eigenvalue weighted by molar-refractivity contribution is -0.131. The predicted molar refractivity (Wildman–Crippen MR) is 83.1 cm³/mol. The Morgan fingerprint density at radius 2 is 2.25 bits per heavy atom. The fourth-order valence-electron chi connectivity index (χ4n) is 2.95. The molecule has 20 heavy (non-hydrogen) atoms. The lowest BCUT2D eigenvalue weighted by Gasteiger charge is -2.37. The Hall–Kier alpha value is -1.77. The average molecular weight is 273 g/mol. The molecule has 2 rings (SSSR count). The minimum atomic E-state index is -0.907. The van der Waals surface area contributed by atoms with Crippen LogP contribution < -0.4 is 4.90 Å². The first kappa shape index (κ1) is 14.6. The van der Waals surface area contributed by atoms with E-state index in [2.05, 4.69) is 24.0 Å². The Labute approximate surface area is 120 Å². The predicted octanol–water partition coefficient (Wildman–Crippen LogP) is 3.86. The van der Waals surface area contributed by atoms with Crippen LogP contribution in [0.25, 0.3) is 6.08 Å². The quantitative estimate of drug-likeness (QED) is 0.847. The highest BCUT2D eigenvalue weighted by atomic mass is 16.4. The number of benzene rings is 1. The van der Waals surface area contributed by atoms with Crippen LogP contribution in [0.3, 0.4) is 0 Å². The van der Waals surface area contributed by atoms with Crippen molar-refractivity contribution in [3.63, 3.8) is 0 Å². The van der Waals surface area contributed by atoms with E-state index in [-0.39, 0.29) is 0 Å². The molecule has 1 N–H and O–H groups in total. The highest BCUT2D eigenvalue weighted by molar-refractivity contribution is 5.85. The number of anilines is 1. The van der Waals surface area contributed by atoms with Crippen molar-refractivity contribution >= 4 is 17.7 Å². The second kappa shape index (κ2) is 6.60. The van der Waals surface area contributed by atoms with Crippen molar-refractivity contribution in [3.8, 4) is 0 Å². The Bertz CT molecular complexity index is 508. The molecule has 1 aromatic rings. The van der Waals surface area contributed by atoms with Crippen LogP contribution in [0, 0.1) is 6.92 Å². The van der Waals surface area contributed by atoms with Gasteiger partial charge >= 0.3 is 5.97 Å². The lowest BCUT2D eigenvalue weighted by Crippen LogP contribution is -2.39. The molecule has 0 radical (unpaired) electrons. The molecule has 1 fully saturated rings. The molecule has 0 bridgehead atoms. The van der Waals surface area contributed by atoms with Crippen LogP contribution in [0.4, 0.5) is 5.69 Å². The van der Waals surface area contributed by atoms with E-state index >= 15 is 0 Å². The van der Waals surface area contributed by atoms with Gasteiger partial charge in [0.05, 0.1) is 0 Å². The zero-order valence-corrected chi connectivity index (χ0v) is 12.3. The monoisotopic (exact) mass is 273 g/mol. The van der Waals surface area contributed by atoms with Gasteiger partial charge in [-0.1, -0.05) is 13.0 Å². The molecule has 1 atom stereocenters. The van der Waals surface area contributed by atoms with Crippen molar-refractivity contribution in [2.45, 2.75) is 45.6 Å². The Morgan fingerprint density at radius 3 is 2.90 bits per heavy atom. The van der Waals surface area contributed by atoms with Crippen LogP contribution in [0.15, 0.2) is 24.3 Å². The normalized spacial score (nSPS) is 19.5. The maximum absolute atomic E-state index is 10.6. The number of aliphatic carboxylic acids is 1. The first-order valence-corrected chi connectivity index (χ1v) is 7.40. The van der Waals surface area contributed by atoms with Gasteiger partial charge in [0.25, 0.3) is 0 Å². The van der Waals surface area contributed by atoms with E-state index < -0.39 is 5.97 Å². The number of aryl methyl sites for hydroxylation is 1. The summed E-state index contributed by atoms with van der Waals surface area (Å²) in [6.45, 7) is 5.41. The Morgan fingerprint density at radius 1 is 1.45 bits per heavy atom. The molecule has 0 aromatic heterocycles. The third-order valence-electron chi connectivity index (χ3n) is 4.09. The molecule has 1 aliphatic heterocycles. The summed E-state index contributed by atoms with van der Waals surface area (Å²) in [6, 6.07) is 6.95. The zero-order valence-electron chi connectivity index (χ0n) is 12.3. The fraction of sp³-hybridized carbons (Fsp3) is 0.471. The molecule has 3 heteroatoms. The Kier molecular flexibility index (Phi) is 4.83. The lowest BCUT2D eigenvalue weighted by atomic mass is 9.98. The molecule has 0 spiro atoms. The van der Waals surface area contributed by atoms with Crippen LogP contribution in [0.1, 0.15) is 43.7 Å². The first-order chi connectivity index (χ1) is 9.61. The number of carboxylic acids is 1. The maximum Gasteiger partial charge on any atom is 0.328 e. The summed E-state index contributed by atoms with van der Waals surface area (Å²) in [4.78, 5) is 13.1.